The molecule has 1 aliphatic rings. The average Bonchev–Trinajstić information content (AvgIpc) is 2.39. The summed E-state index contributed by atoms with van der Waals surface area (Å²) >= 11 is 0. The van der Waals surface area contributed by atoms with Crippen LogP contribution in [-0.2, 0) is 4.74 Å². The number of hydrogen-bond acceptors (Lipinski definition) is 5. The maximum absolute atomic E-state index is 11.3. The highest BCUT2D eigenvalue weighted by Crippen LogP contribution is 2.29. The van der Waals surface area contributed by atoms with E-state index in [9.17, 15) is 20.0 Å². The van der Waals surface area contributed by atoms with Crippen molar-refractivity contribution in [2.24, 2.45) is 0 Å². The molecule has 108 valence electrons. The first kappa shape index (κ1) is 14.3. The van der Waals surface area contributed by atoms with Gasteiger partial charge in [-0.1, -0.05) is 0 Å². The number of carboxylic acid groups (broad SMARTS) is 1. The standard InChI is InChI=1S/C13H16N2O5/c1-13(4-6-20-7-5-13)14-11-3-2-9(15(18)19)8-10(11)12(16)17/h2-3,8,14H,4-7H2,1H3,(H,16,17). The molecule has 1 aliphatic heterocycles. The summed E-state index contributed by atoms with van der Waals surface area (Å²) in [4.78, 5) is 21.4. The number of non-ortho nitro benzene ring substituents is 1. The van der Waals surface area contributed by atoms with E-state index >= 15 is 0 Å². The van der Waals surface area contributed by atoms with E-state index in [2.05, 4.69) is 5.32 Å². The maximum atomic E-state index is 11.3. The Balaban J connectivity index is 2.31. The molecule has 20 heavy (non-hydrogen) atoms. The van der Waals surface area contributed by atoms with Crippen LogP contribution in [0.15, 0.2) is 18.2 Å². The molecule has 0 unspecified atom stereocenters. The minimum atomic E-state index is -1.19. The molecule has 7 nitrogen and oxygen atoms in total. The Kier molecular flexibility index (Phi) is 3.89. The number of ether oxygens (including phenoxy) is 1. The third-order valence-corrected chi connectivity index (χ3v) is 3.48. The van der Waals surface area contributed by atoms with Gasteiger partial charge in [0.15, 0.2) is 0 Å². The summed E-state index contributed by atoms with van der Waals surface area (Å²) in [5.74, 6) is -1.19. The second-order valence-electron chi connectivity index (χ2n) is 5.09. The number of rotatable bonds is 4. The lowest BCUT2D eigenvalue weighted by Crippen LogP contribution is -2.41. The highest BCUT2D eigenvalue weighted by molar-refractivity contribution is 5.95. The van der Waals surface area contributed by atoms with Crippen molar-refractivity contribution in [3.8, 4) is 0 Å². The van der Waals surface area contributed by atoms with E-state index in [1.165, 1.54) is 12.1 Å². The second-order valence-corrected chi connectivity index (χ2v) is 5.09. The van der Waals surface area contributed by atoms with Crippen LogP contribution < -0.4 is 5.32 Å². The predicted octanol–water partition coefficient (Wildman–Crippen LogP) is 2.27. The Morgan fingerprint density at radius 1 is 1.45 bits per heavy atom. The number of carbonyl (C=O) groups is 1. The smallest absolute Gasteiger partial charge is 0.338 e. The first-order valence-electron chi connectivity index (χ1n) is 6.29. The second kappa shape index (κ2) is 5.46. The van der Waals surface area contributed by atoms with E-state index < -0.39 is 10.9 Å². The predicted molar refractivity (Wildman–Crippen MR) is 72.1 cm³/mol. The topological polar surface area (TPSA) is 102 Å². The normalized spacial score (nSPS) is 17.4. The van der Waals surface area contributed by atoms with E-state index in [1.807, 2.05) is 6.92 Å². The molecule has 1 aromatic rings. The fourth-order valence-corrected chi connectivity index (χ4v) is 2.20. The quantitative estimate of drug-likeness (QED) is 0.648. The molecule has 0 bridgehead atoms. The van der Waals surface area contributed by atoms with Gasteiger partial charge in [0, 0.05) is 36.6 Å². The molecule has 0 aromatic heterocycles. The van der Waals surface area contributed by atoms with Crippen molar-refractivity contribution in [3.63, 3.8) is 0 Å². The average molecular weight is 280 g/mol. The zero-order chi connectivity index (χ0) is 14.8. The Hall–Kier alpha value is -2.15. The molecule has 1 saturated heterocycles. The molecular weight excluding hydrogens is 264 g/mol. The summed E-state index contributed by atoms with van der Waals surface area (Å²) in [7, 11) is 0. The third kappa shape index (κ3) is 3.05. The molecule has 1 fully saturated rings. The van der Waals surface area contributed by atoms with Crippen LogP contribution in [0.3, 0.4) is 0 Å². The van der Waals surface area contributed by atoms with Crippen LogP contribution in [0.2, 0.25) is 0 Å². The fourth-order valence-electron chi connectivity index (χ4n) is 2.20. The molecule has 1 heterocycles. The highest BCUT2D eigenvalue weighted by Gasteiger charge is 2.29. The minimum Gasteiger partial charge on any atom is -0.478 e. The van der Waals surface area contributed by atoms with Gasteiger partial charge in [0.1, 0.15) is 0 Å². The van der Waals surface area contributed by atoms with E-state index in [1.54, 1.807) is 0 Å². The maximum Gasteiger partial charge on any atom is 0.338 e. The molecule has 0 aliphatic carbocycles. The summed E-state index contributed by atoms with van der Waals surface area (Å²) in [5.41, 5.74) is -0.192. The zero-order valence-electron chi connectivity index (χ0n) is 11.1. The lowest BCUT2D eigenvalue weighted by molar-refractivity contribution is -0.384. The lowest BCUT2D eigenvalue weighted by Gasteiger charge is -2.35. The van der Waals surface area contributed by atoms with Crippen LogP contribution in [0.1, 0.15) is 30.1 Å². The van der Waals surface area contributed by atoms with Gasteiger partial charge < -0.3 is 15.2 Å². The van der Waals surface area contributed by atoms with Gasteiger partial charge in [-0.15, -0.1) is 0 Å². The number of carboxylic acids is 1. The zero-order valence-corrected chi connectivity index (χ0v) is 11.1. The van der Waals surface area contributed by atoms with Crippen LogP contribution in [-0.4, -0.2) is 34.8 Å². The lowest BCUT2D eigenvalue weighted by atomic mass is 9.91. The monoisotopic (exact) mass is 280 g/mol. The van der Waals surface area contributed by atoms with Crippen molar-refractivity contribution in [1.82, 2.24) is 0 Å². The Labute approximate surface area is 115 Å². The summed E-state index contributed by atoms with van der Waals surface area (Å²) in [5, 5.41) is 23.1. The Bertz CT molecular complexity index is 538. The van der Waals surface area contributed by atoms with Crippen LogP contribution in [0.5, 0.6) is 0 Å². The van der Waals surface area contributed by atoms with Crippen molar-refractivity contribution in [2.45, 2.75) is 25.3 Å². The van der Waals surface area contributed by atoms with Gasteiger partial charge >= 0.3 is 5.97 Å². The SMILES string of the molecule is CC1(Nc2ccc([N+](=O)[O-])cc2C(=O)O)CCOCC1. The number of nitro benzene ring substituents is 1. The van der Waals surface area contributed by atoms with Crippen LogP contribution >= 0.6 is 0 Å². The van der Waals surface area contributed by atoms with E-state index in [-0.39, 0.29) is 16.8 Å². The molecule has 0 amide bonds. The summed E-state index contributed by atoms with van der Waals surface area (Å²) < 4.78 is 5.29. The largest absolute Gasteiger partial charge is 0.478 e. The van der Waals surface area contributed by atoms with Crippen molar-refractivity contribution < 1.29 is 19.6 Å². The number of anilines is 1. The van der Waals surface area contributed by atoms with Crippen molar-refractivity contribution >= 4 is 17.3 Å². The van der Waals surface area contributed by atoms with Crippen molar-refractivity contribution in [2.75, 3.05) is 18.5 Å². The van der Waals surface area contributed by atoms with Gasteiger partial charge in [-0.25, -0.2) is 4.79 Å². The molecule has 7 heteroatoms. The van der Waals surface area contributed by atoms with Gasteiger partial charge in [-0.2, -0.15) is 0 Å². The number of aromatic carboxylic acids is 1. The number of nitrogens with one attached hydrogen (secondary N) is 1. The molecular formula is C13H16N2O5. The number of nitro groups is 1. The number of nitrogens with zero attached hydrogens (tertiary/aromatic N) is 1. The fraction of sp³-hybridized carbons (Fsp3) is 0.462. The minimum absolute atomic E-state index is 0.0908. The van der Waals surface area contributed by atoms with Gasteiger partial charge in [-0.05, 0) is 25.8 Å². The molecule has 0 atom stereocenters. The Morgan fingerprint density at radius 2 is 2.10 bits per heavy atom. The molecule has 2 N–H and O–H groups in total. The van der Waals surface area contributed by atoms with Gasteiger partial charge in [0.25, 0.3) is 5.69 Å². The molecule has 0 spiro atoms. The van der Waals surface area contributed by atoms with Crippen molar-refractivity contribution in [3.05, 3.63) is 33.9 Å². The van der Waals surface area contributed by atoms with Crippen LogP contribution in [0.25, 0.3) is 0 Å². The van der Waals surface area contributed by atoms with E-state index in [0.29, 0.717) is 18.9 Å². The van der Waals surface area contributed by atoms with Gasteiger partial charge in [-0.3, -0.25) is 10.1 Å². The van der Waals surface area contributed by atoms with E-state index in [4.69, 9.17) is 4.74 Å². The third-order valence-electron chi connectivity index (χ3n) is 3.48. The Morgan fingerprint density at radius 3 is 2.65 bits per heavy atom. The molecule has 1 aromatic carbocycles. The molecule has 2 rings (SSSR count). The van der Waals surface area contributed by atoms with Crippen LogP contribution in [0.4, 0.5) is 11.4 Å². The van der Waals surface area contributed by atoms with Gasteiger partial charge in [0.05, 0.1) is 10.5 Å². The number of benzene rings is 1. The molecule has 0 radical (unpaired) electrons. The van der Waals surface area contributed by atoms with Crippen LogP contribution in [0, 0.1) is 10.1 Å². The van der Waals surface area contributed by atoms with Gasteiger partial charge in [0.2, 0.25) is 0 Å². The first-order chi connectivity index (χ1) is 9.41. The summed E-state index contributed by atoms with van der Waals surface area (Å²) in [6.45, 7) is 3.21. The molecule has 0 saturated carbocycles. The van der Waals surface area contributed by atoms with E-state index in [0.717, 1.165) is 18.9 Å². The van der Waals surface area contributed by atoms with Crippen molar-refractivity contribution in [1.29, 1.82) is 0 Å². The highest BCUT2D eigenvalue weighted by atomic mass is 16.6. The number of hydrogen-bond donors (Lipinski definition) is 2. The first-order valence-corrected chi connectivity index (χ1v) is 6.29. The summed E-state index contributed by atoms with van der Waals surface area (Å²) in [6.07, 6.45) is 1.51. The summed E-state index contributed by atoms with van der Waals surface area (Å²) in [6, 6.07) is 3.83.